The normalized spacial score (nSPS) is 14.4. The largest absolute Gasteiger partial charge is 0.355 e. The highest BCUT2D eigenvalue weighted by Crippen LogP contribution is 2.21. The van der Waals surface area contributed by atoms with Crippen molar-refractivity contribution in [2.45, 2.75) is 38.5 Å². The fourth-order valence-electron chi connectivity index (χ4n) is 2.71. The predicted octanol–water partition coefficient (Wildman–Crippen LogP) is 4.13. The van der Waals surface area contributed by atoms with E-state index in [0.717, 1.165) is 18.5 Å². The molecule has 2 rings (SSSR count). The molecule has 1 aliphatic carbocycles. The Hall–Kier alpha value is -1.03. The van der Waals surface area contributed by atoms with Crippen LogP contribution in [0.2, 0.25) is 10.0 Å². The highest BCUT2D eigenvalue weighted by atomic mass is 35.5. The number of hydrogen-bond acceptors (Lipinski definition) is 2. The average molecular weight is 355 g/mol. The van der Waals surface area contributed by atoms with Gasteiger partial charge in [-0.05, 0) is 62.8 Å². The second-order valence-electron chi connectivity index (χ2n) is 5.87. The highest BCUT2D eigenvalue weighted by molar-refractivity contribution is 6.35. The quantitative estimate of drug-likeness (QED) is 0.544. The number of halogens is 2. The molecule has 1 amide bonds. The van der Waals surface area contributed by atoms with Crippen molar-refractivity contribution in [3.8, 4) is 0 Å². The van der Waals surface area contributed by atoms with Crippen LogP contribution in [0.15, 0.2) is 29.8 Å². The Bertz CT molecular complexity index is 558. The van der Waals surface area contributed by atoms with E-state index < -0.39 is 0 Å². The fourth-order valence-corrected chi connectivity index (χ4v) is 3.21. The van der Waals surface area contributed by atoms with Gasteiger partial charge in [-0.25, -0.2) is 0 Å². The monoisotopic (exact) mass is 354 g/mol. The molecule has 0 atom stereocenters. The van der Waals surface area contributed by atoms with Gasteiger partial charge in [-0.1, -0.05) is 40.9 Å². The van der Waals surface area contributed by atoms with Gasteiger partial charge in [0.25, 0.3) is 0 Å². The molecule has 1 aromatic rings. The molecule has 0 unspecified atom stereocenters. The summed E-state index contributed by atoms with van der Waals surface area (Å²) in [5.41, 5.74) is 2.52. The predicted molar refractivity (Wildman–Crippen MR) is 97.2 cm³/mol. The SMILES string of the molecule is O=C(CNCCC1=CCCCC1)NCCc1ccc(Cl)cc1Cl. The standard InChI is InChI=1S/C18H24Cl2N2O/c19-16-7-6-15(17(20)12-16)9-11-22-18(23)13-21-10-8-14-4-2-1-3-5-14/h4,6-7,12,21H,1-3,5,8-11,13H2,(H,22,23). The van der Waals surface area contributed by atoms with Gasteiger partial charge in [0.05, 0.1) is 6.54 Å². The molecule has 0 aromatic heterocycles. The van der Waals surface area contributed by atoms with E-state index in [1.807, 2.05) is 12.1 Å². The van der Waals surface area contributed by atoms with E-state index >= 15 is 0 Å². The number of carbonyl (C=O) groups excluding carboxylic acids is 1. The molecular formula is C18H24Cl2N2O. The average Bonchev–Trinajstić information content (AvgIpc) is 2.55. The van der Waals surface area contributed by atoms with Crippen LogP contribution in [0.5, 0.6) is 0 Å². The summed E-state index contributed by atoms with van der Waals surface area (Å²) in [6.45, 7) is 1.80. The van der Waals surface area contributed by atoms with E-state index in [2.05, 4.69) is 16.7 Å². The minimum atomic E-state index is 0.0210. The van der Waals surface area contributed by atoms with Gasteiger partial charge in [0.2, 0.25) is 5.91 Å². The Morgan fingerprint density at radius 3 is 2.74 bits per heavy atom. The molecule has 0 radical (unpaired) electrons. The van der Waals surface area contributed by atoms with Crippen molar-refractivity contribution in [2.24, 2.45) is 0 Å². The molecule has 0 saturated heterocycles. The van der Waals surface area contributed by atoms with Crippen LogP contribution >= 0.6 is 23.2 Å². The molecule has 0 fully saturated rings. The van der Waals surface area contributed by atoms with E-state index in [4.69, 9.17) is 23.2 Å². The van der Waals surface area contributed by atoms with Crippen molar-refractivity contribution in [2.75, 3.05) is 19.6 Å². The molecule has 3 nitrogen and oxygen atoms in total. The maximum Gasteiger partial charge on any atom is 0.233 e. The Labute approximate surface area is 148 Å². The molecule has 5 heteroatoms. The lowest BCUT2D eigenvalue weighted by molar-refractivity contribution is -0.120. The van der Waals surface area contributed by atoms with Crippen LogP contribution < -0.4 is 10.6 Å². The molecule has 0 bridgehead atoms. The minimum Gasteiger partial charge on any atom is -0.355 e. The number of hydrogen-bond donors (Lipinski definition) is 2. The van der Waals surface area contributed by atoms with E-state index in [0.29, 0.717) is 29.6 Å². The highest BCUT2D eigenvalue weighted by Gasteiger charge is 2.05. The summed E-state index contributed by atoms with van der Waals surface area (Å²) >= 11 is 12.0. The smallest absolute Gasteiger partial charge is 0.233 e. The third kappa shape index (κ3) is 6.94. The Morgan fingerprint density at radius 2 is 2.00 bits per heavy atom. The Morgan fingerprint density at radius 1 is 1.13 bits per heavy atom. The number of benzene rings is 1. The van der Waals surface area contributed by atoms with Gasteiger partial charge in [0.15, 0.2) is 0 Å². The molecule has 126 valence electrons. The molecule has 0 spiro atoms. The van der Waals surface area contributed by atoms with Crippen molar-refractivity contribution in [1.82, 2.24) is 10.6 Å². The Balaban J connectivity index is 1.57. The summed E-state index contributed by atoms with van der Waals surface area (Å²) in [6, 6.07) is 5.43. The first kappa shape index (κ1) is 18.3. The van der Waals surface area contributed by atoms with Crippen LogP contribution in [0.4, 0.5) is 0 Å². The van der Waals surface area contributed by atoms with Gasteiger partial charge < -0.3 is 10.6 Å². The zero-order valence-electron chi connectivity index (χ0n) is 13.3. The Kier molecular flexibility index (Phi) is 7.93. The number of allylic oxidation sites excluding steroid dienone is 1. The first-order chi connectivity index (χ1) is 11.1. The van der Waals surface area contributed by atoms with Gasteiger partial charge in [0, 0.05) is 16.6 Å². The van der Waals surface area contributed by atoms with Crippen molar-refractivity contribution in [3.05, 3.63) is 45.5 Å². The van der Waals surface area contributed by atoms with Gasteiger partial charge in [-0.2, -0.15) is 0 Å². The molecule has 0 saturated carbocycles. The van der Waals surface area contributed by atoms with Crippen LogP contribution in [0.3, 0.4) is 0 Å². The number of nitrogens with one attached hydrogen (secondary N) is 2. The lowest BCUT2D eigenvalue weighted by Crippen LogP contribution is -2.35. The summed E-state index contributed by atoms with van der Waals surface area (Å²) in [5.74, 6) is 0.0210. The third-order valence-electron chi connectivity index (χ3n) is 4.03. The van der Waals surface area contributed by atoms with E-state index in [1.165, 1.54) is 31.3 Å². The number of amides is 1. The van der Waals surface area contributed by atoms with Crippen LogP contribution in [-0.4, -0.2) is 25.5 Å². The van der Waals surface area contributed by atoms with E-state index in [1.54, 1.807) is 6.07 Å². The zero-order chi connectivity index (χ0) is 16.5. The summed E-state index contributed by atoms with van der Waals surface area (Å²) in [6.07, 6.45) is 9.15. The molecule has 1 aliphatic rings. The van der Waals surface area contributed by atoms with E-state index in [9.17, 15) is 4.79 Å². The second-order valence-corrected chi connectivity index (χ2v) is 6.71. The van der Waals surface area contributed by atoms with Gasteiger partial charge >= 0.3 is 0 Å². The van der Waals surface area contributed by atoms with Crippen molar-refractivity contribution in [3.63, 3.8) is 0 Å². The fraction of sp³-hybridized carbons (Fsp3) is 0.500. The van der Waals surface area contributed by atoms with Gasteiger partial charge in [-0.3, -0.25) is 4.79 Å². The first-order valence-electron chi connectivity index (χ1n) is 8.24. The summed E-state index contributed by atoms with van der Waals surface area (Å²) < 4.78 is 0. The lowest BCUT2D eigenvalue weighted by Gasteiger charge is -2.13. The molecule has 23 heavy (non-hydrogen) atoms. The molecular weight excluding hydrogens is 331 g/mol. The zero-order valence-corrected chi connectivity index (χ0v) is 14.8. The first-order valence-corrected chi connectivity index (χ1v) is 9.00. The molecule has 2 N–H and O–H groups in total. The molecule has 0 heterocycles. The summed E-state index contributed by atoms with van der Waals surface area (Å²) in [7, 11) is 0. The maximum absolute atomic E-state index is 11.8. The van der Waals surface area contributed by atoms with Crippen LogP contribution in [-0.2, 0) is 11.2 Å². The lowest BCUT2D eigenvalue weighted by atomic mass is 9.97. The molecule has 1 aromatic carbocycles. The maximum atomic E-state index is 11.8. The second kappa shape index (κ2) is 9.96. The van der Waals surface area contributed by atoms with Crippen molar-refractivity contribution in [1.29, 1.82) is 0 Å². The van der Waals surface area contributed by atoms with Crippen molar-refractivity contribution < 1.29 is 4.79 Å². The topological polar surface area (TPSA) is 41.1 Å². The van der Waals surface area contributed by atoms with Crippen LogP contribution in [0.25, 0.3) is 0 Å². The van der Waals surface area contributed by atoms with Crippen molar-refractivity contribution >= 4 is 29.1 Å². The van der Waals surface area contributed by atoms with Crippen LogP contribution in [0.1, 0.15) is 37.7 Å². The number of rotatable bonds is 8. The molecule has 0 aliphatic heterocycles. The van der Waals surface area contributed by atoms with Gasteiger partial charge in [0.1, 0.15) is 0 Å². The van der Waals surface area contributed by atoms with Crippen LogP contribution in [0, 0.1) is 0 Å². The third-order valence-corrected chi connectivity index (χ3v) is 4.61. The number of carbonyl (C=O) groups is 1. The summed E-state index contributed by atoms with van der Waals surface area (Å²) in [4.78, 5) is 11.8. The van der Waals surface area contributed by atoms with Gasteiger partial charge in [-0.15, -0.1) is 0 Å². The van der Waals surface area contributed by atoms with E-state index in [-0.39, 0.29) is 5.91 Å². The summed E-state index contributed by atoms with van der Waals surface area (Å²) in [5, 5.41) is 7.38. The minimum absolute atomic E-state index is 0.0210.